The number of aromatic nitrogens is 1. The molecule has 0 aliphatic rings. The number of fused-ring (bicyclic) bond motifs is 1. The van der Waals surface area contributed by atoms with Crippen LogP contribution < -0.4 is 5.73 Å². The lowest BCUT2D eigenvalue weighted by atomic mass is 10.2. The van der Waals surface area contributed by atoms with Crippen molar-refractivity contribution in [1.29, 1.82) is 0 Å². The molecule has 3 aromatic rings. The summed E-state index contributed by atoms with van der Waals surface area (Å²) >= 11 is 11.8. The van der Waals surface area contributed by atoms with Crippen molar-refractivity contribution in [1.82, 2.24) is 4.98 Å². The fourth-order valence-electron chi connectivity index (χ4n) is 1.76. The standard InChI is InChI=1S/C13H8Cl2N2O/c14-8-1-2-11-12(6-8)18-13(17-11)7-3-9(15)5-10(16)4-7/h1-6H,16H2. The minimum absolute atomic E-state index is 0.474. The number of benzene rings is 2. The molecule has 0 saturated heterocycles. The quantitative estimate of drug-likeness (QED) is 0.672. The predicted molar refractivity (Wildman–Crippen MR) is 73.9 cm³/mol. The van der Waals surface area contributed by atoms with Crippen LogP contribution in [0.1, 0.15) is 0 Å². The second-order valence-corrected chi connectivity index (χ2v) is 4.78. The number of nitrogen functional groups attached to an aromatic ring is 1. The molecule has 2 aromatic carbocycles. The maximum atomic E-state index is 5.95. The summed E-state index contributed by atoms with van der Waals surface area (Å²) in [4.78, 5) is 4.37. The third-order valence-electron chi connectivity index (χ3n) is 2.52. The summed E-state index contributed by atoms with van der Waals surface area (Å²) in [6, 6.07) is 10.5. The average molecular weight is 279 g/mol. The molecule has 0 bridgehead atoms. The lowest BCUT2D eigenvalue weighted by Gasteiger charge is -1.98. The number of halogens is 2. The van der Waals surface area contributed by atoms with E-state index in [-0.39, 0.29) is 0 Å². The van der Waals surface area contributed by atoms with Crippen molar-refractivity contribution in [3.63, 3.8) is 0 Å². The number of oxazole rings is 1. The van der Waals surface area contributed by atoms with Crippen molar-refractivity contribution < 1.29 is 4.42 Å². The summed E-state index contributed by atoms with van der Waals surface area (Å²) in [5.41, 5.74) is 8.43. The maximum Gasteiger partial charge on any atom is 0.227 e. The van der Waals surface area contributed by atoms with E-state index < -0.39 is 0 Å². The molecule has 0 radical (unpaired) electrons. The topological polar surface area (TPSA) is 52.0 Å². The van der Waals surface area contributed by atoms with Gasteiger partial charge in [0.2, 0.25) is 5.89 Å². The summed E-state index contributed by atoms with van der Waals surface area (Å²) in [7, 11) is 0. The summed E-state index contributed by atoms with van der Waals surface area (Å²) in [6.07, 6.45) is 0. The SMILES string of the molecule is Nc1cc(Cl)cc(-c2nc3ccc(Cl)cc3o2)c1. The van der Waals surface area contributed by atoms with Gasteiger partial charge >= 0.3 is 0 Å². The van der Waals surface area contributed by atoms with E-state index in [1.165, 1.54) is 0 Å². The number of rotatable bonds is 1. The summed E-state index contributed by atoms with van der Waals surface area (Å²) < 4.78 is 5.64. The number of nitrogens with zero attached hydrogens (tertiary/aromatic N) is 1. The van der Waals surface area contributed by atoms with Crippen molar-refractivity contribution >= 4 is 40.0 Å². The van der Waals surface area contributed by atoms with Crippen LogP contribution in [0.4, 0.5) is 5.69 Å². The third-order valence-corrected chi connectivity index (χ3v) is 2.97. The van der Waals surface area contributed by atoms with E-state index >= 15 is 0 Å². The van der Waals surface area contributed by atoms with Crippen LogP contribution in [0.3, 0.4) is 0 Å². The summed E-state index contributed by atoms with van der Waals surface area (Å²) in [5, 5.41) is 1.15. The number of anilines is 1. The molecule has 3 nitrogen and oxygen atoms in total. The molecule has 0 fully saturated rings. The van der Waals surface area contributed by atoms with Gasteiger partial charge in [-0.3, -0.25) is 0 Å². The monoisotopic (exact) mass is 278 g/mol. The first-order chi connectivity index (χ1) is 8.61. The van der Waals surface area contributed by atoms with Crippen molar-refractivity contribution in [3.05, 3.63) is 46.4 Å². The van der Waals surface area contributed by atoms with Crippen LogP contribution in [0.25, 0.3) is 22.6 Å². The van der Waals surface area contributed by atoms with Gasteiger partial charge in [-0.1, -0.05) is 23.2 Å². The largest absolute Gasteiger partial charge is 0.436 e. The minimum atomic E-state index is 0.474. The molecule has 0 saturated carbocycles. The van der Waals surface area contributed by atoms with Crippen LogP contribution in [0.5, 0.6) is 0 Å². The first-order valence-electron chi connectivity index (χ1n) is 5.24. The highest BCUT2D eigenvalue weighted by atomic mass is 35.5. The van der Waals surface area contributed by atoms with E-state index in [9.17, 15) is 0 Å². The van der Waals surface area contributed by atoms with Crippen LogP contribution in [0, 0.1) is 0 Å². The molecule has 0 amide bonds. The molecule has 3 rings (SSSR count). The van der Waals surface area contributed by atoms with Gasteiger partial charge in [0, 0.05) is 27.4 Å². The molecule has 2 N–H and O–H groups in total. The Morgan fingerprint density at radius 2 is 1.83 bits per heavy atom. The van der Waals surface area contributed by atoms with E-state index in [0.29, 0.717) is 27.2 Å². The van der Waals surface area contributed by atoms with E-state index in [2.05, 4.69) is 4.98 Å². The fourth-order valence-corrected chi connectivity index (χ4v) is 2.16. The Bertz CT molecular complexity index is 717. The van der Waals surface area contributed by atoms with Gasteiger partial charge in [0.15, 0.2) is 5.58 Å². The molecular weight excluding hydrogens is 271 g/mol. The van der Waals surface area contributed by atoms with Crippen LogP contribution >= 0.6 is 23.2 Å². The highest BCUT2D eigenvalue weighted by molar-refractivity contribution is 6.31. The summed E-state index contributed by atoms with van der Waals surface area (Å²) in [5.74, 6) is 0.474. The maximum absolute atomic E-state index is 5.95. The van der Waals surface area contributed by atoms with E-state index in [1.807, 2.05) is 0 Å². The van der Waals surface area contributed by atoms with Gasteiger partial charge in [0.1, 0.15) is 5.52 Å². The van der Waals surface area contributed by atoms with Gasteiger partial charge in [-0.15, -0.1) is 0 Å². The molecule has 90 valence electrons. The van der Waals surface area contributed by atoms with Crippen molar-refractivity contribution in [2.75, 3.05) is 5.73 Å². The zero-order valence-corrected chi connectivity index (χ0v) is 10.7. The third kappa shape index (κ3) is 2.03. The smallest absolute Gasteiger partial charge is 0.227 e. The second kappa shape index (κ2) is 4.19. The van der Waals surface area contributed by atoms with Crippen molar-refractivity contribution in [2.24, 2.45) is 0 Å². The van der Waals surface area contributed by atoms with Gasteiger partial charge < -0.3 is 10.2 Å². The molecule has 1 aromatic heterocycles. The molecule has 0 atom stereocenters. The van der Waals surface area contributed by atoms with Crippen molar-refractivity contribution in [3.8, 4) is 11.5 Å². The number of hydrogen-bond donors (Lipinski definition) is 1. The normalized spacial score (nSPS) is 11.0. The Morgan fingerprint density at radius 1 is 1.00 bits per heavy atom. The molecule has 5 heteroatoms. The molecule has 0 unspecified atom stereocenters. The van der Waals surface area contributed by atoms with Crippen LogP contribution in [-0.2, 0) is 0 Å². The highest BCUT2D eigenvalue weighted by Crippen LogP contribution is 2.29. The van der Waals surface area contributed by atoms with Gasteiger partial charge in [-0.05, 0) is 30.3 Å². The van der Waals surface area contributed by atoms with Crippen LogP contribution in [0.2, 0.25) is 10.0 Å². The molecule has 1 heterocycles. The molecule has 0 spiro atoms. The van der Waals surface area contributed by atoms with Crippen molar-refractivity contribution in [2.45, 2.75) is 0 Å². The Balaban J connectivity index is 2.19. The minimum Gasteiger partial charge on any atom is -0.436 e. The average Bonchev–Trinajstić information content (AvgIpc) is 2.70. The molecular formula is C13H8Cl2N2O. The first kappa shape index (κ1) is 11.4. The van der Waals surface area contributed by atoms with Crippen LogP contribution in [0.15, 0.2) is 40.8 Å². The Labute approximate surface area is 113 Å². The zero-order chi connectivity index (χ0) is 12.7. The summed E-state index contributed by atoms with van der Waals surface area (Å²) in [6.45, 7) is 0. The molecule has 0 aliphatic heterocycles. The predicted octanol–water partition coefficient (Wildman–Crippen LogP) is 4.38. The Kier molecular flexibility index (Phi) is 2.65. The van der Waals surface area contributed by atoms with Gasteiger partial charge in [-0.25, -0.2) is 4.98 Å². The van der Waals surface area contributed by atoms with Gasteiger partial charge in [0.05, 0.1) is 0 Å². The lowest BCUT2D eigenvalue weighted by Crippen LogP contribution is -1.86. The van der Waals surface area contributed by atoms with E-state index in [0.717, 1.165) is 11.1 Å². The Morgan fingerprint density at radius 3 is 2.61 bits per heavy atom. The second-order valence-electron chi connectivity index (χ2n) is 3.90. The fraction of sp³-hybridized carbons (Fsp3) is 0. The van der Waals surface area contributed by atoms with E-state index in [4.69, 9.17) is 33.4 Å². The first-order valence-corrected chi connectivity index (χ1v) is 6.00. The van der Waals surface area contributed by atoms with E-state index in [1.54, 1.807) is 36.4 Å². The van der Waals surface area contributed by atoms with Gasteiger partial charge in [-0.2, -0.15) is 0 Å². The Hall–Kier alpha value is -1.71. The number of hydrogen-bond acceptors (Lipinski definition) is 3. The lowest BCUT2D eigenvalue weighted by molar-refractivity contribution is 0.620. The molecule has 18 heavy (non-hydrogen) atoms. The zero-order valence-electron chi connectivity index (χ0n) is 9.15. The van der Waals surface area contributed by atoms with Gasteiger partial charge in [0.25, 0.3) is 0 Å². The number of nitrogens with two attached hydrogens (primary N) is 1. The van der Waals surface area contributed by atoms with Crippen LogP contribution in [-0.4, -0.2) is 4.98 Å². The molecule has 0 aliphatic carbocycles. The highest BCUT2D eigenvalue weighted by Gasteiger charge is 2.09.